The summed E-state index contributed by atoms with van der Waals surface area (Å²) >= 11 is 5.46. The molecular formula is C20H27N3O3S2. The van der Waals surface area contributed by atoms with Crippen LogP contribution in [0.25, 0.3) is 0 Å². The Labute approximate surface area is 173 Å². The number of methoxy groups -OCH3 is 1. The fourth-order valence-corrected chi connectivity index (χ4v) is 3.89. The fraction of sp³-hybridized carbons (Fsp3) is 0.350. The molecule has 0 aliphatic heterocycles. The van der Waals surface area contributed by atoms with Gasteiger partial charge in [-0.25, -0.2) is 12.7 Å². The Morgan fingerprint density at radius 1 is 1.11 bits per heavy atom. The Kier molecular flexibility index (Phi) is 7.40. The van der Waals surface area contributed by atoms with Gasteiger partial charge in [-0.15, -0.1) is 0 Å². The summed E-state index contributed by atoms with van der Waals surface area (Å²) in [6, 6.07) is 14.4. The van der Waals surface area contributed by atoms with Crippen LogP contribution in [0.5, 0.6) is 5.75 Å². The lowest BCUT2D eigenvalue weighted by atomic mass is 9.96. The minimum absolute atomic E-state index is 0.000374. The quantitative estimate of drug-likeness (QED) is 0.666. The molecule has 2 aromatic carbocycles. The smallest absolute Gasteiger partial charge is 0.242 e. The highest BCUT2D eigenvalue weighted by Crippen LogP contribution is 2.24. The first kappa shape index (κ1) is 22.1. The van der Waals surface area contributed by atoms with Crippen LogP contribution in [0.4, 0.5) is 5.69 Å². The molecule has 152 valence electrons. The molecule has 0 aliphatic rings. The highest BCUT2D eigenvalue weighted by atomic mass is 32.2. The highest BCUT2D eigenvalue weighted by molar-refractivity contribution is 7.89. The number of anilines is 1. The van der Waals surface area contributed by atoms with Crippen LogP contribution in [-0.2, 0) is 10.0 Å². The average Bonchev–Trinajstić information content (AvgIpc) is 2.66. The van der Waals surface area contributed by atoms with Gasteiger partial charge in [-0.1, -0.05) is 32.0 Å². The standard InChI is InChI=1S/C20H27N3O3S2/c1-14(2)19(15-9-11-17(26-5)12-10-15)22-20(27)21-16-7-6-8-18(13-16)28(24,25)23(3)4/h6-14,19H,1-5H3,(H2,21,22,27)/t19-/m1/s1. The topological polar surface area (TPSA) is 70.7 Å². The van der Waals surface area contributed by atoms with Gasteiger partial charge in [-0.05, 0) is 54.0 Å². The van der Waals surface area contributed by atoms with Gasteiger partial charge in [0.05, 0.1) is 18.0 Å². The van der Waals surface area contributed by atoms with Crippen molar-refractivity contribution in [2.75, 3.05) is 26.5 Å². The Balaban J connectivity index is 2.15. The van der Waals surface area contributed by atoms with Crippen molar-refractivity contribution in [3.8, 4) is 5.75 Å². The Morgan fingerprint density at radius 3 is 2.29 bits per heavy atom. The third-order valence-electron chi connectivity index (χ3n) is 4.30. The third kappa shape index (κ3) is 5.43. The zero-order valence-corrected chi connectivity index (χ0v) is 18.4. The van der Waals surface area contributed by atoms with Gasteiger partial charge in [0, 0.05) is 19.8 Å². The molecule has 0 saturated carbocycles. The molecule has 0 unspecified atom stereocenters. The number of ether oxygens (including phenoxy) is 1. The number of rotatable bonds is 7. The van der Waals surface area contributed by atoms with E-state index < -0.39 is 10.0 Å². The van der Waals surface area contributed by atoms with Crippen molar-refractivity contribution in [2.45, 2.75) is 24.8 Å². The normalized spacial score (nSPS) is 12.7. The summed E-state index contributed by atoms with van der Waals surface area (Å²) < 4.78 is 31.0. The van der Waals surface area contributed by atoms with Crippen molar-refractivity contribution in [1.29, 1.82) is 0 Å². The summed E-state index contributed by atoms with van der Waals surface area (Å²) in [7, 11) is 1.14. The van der Waals surface area contributed by atoms with Crippen molar-refractivity contribution in [1.82, 2.24) is 9.62 Å². The molecule has 0 spiro atoms. The molecule has 0 fully saturated rings. The molecular weight excluding hydrogens is 394 g/mol. The minimum atomic E-state index is -3.50. The van der Waals surface area contributed by atoms with Crippen molar-refractivity contribution < 1.29 is 13.2 Å². The molecule has 0 radical (unpaired) electrons. The molecule has 8 heteroatoms. The van der Waals surface area contributed by atoms with Gasteiger partial charge in [0.1, 0.15) is 5.75 Å². The molecule has 1 atom stereocenters. The molecule has 2 N–H and O–H groups in total. The molecule has 28 heavy (non-hydrogen) atoms. The molecule has 0 bridgehead atoms. The Morgan fingerprint density at radius 2 is 1.75 bits per heavy atom. The number of nitrogens with one attached hydrogen (secondary N) is 2. The van der Waals surface area contributed by atoms with Crippen LogP contribution in [-0.4, -0.2) is 39.0 Å². The SMILES string of the molecule is COc1ccc([C@H](NC(=S)Nc2cccc(S(=O)(=O)N(C)C)c2)C(C)C)cc1. The van der Waals surface area contributed by atoms with Crippen molar-refractivity contribution in [3.05, 3.63) is 54.1 Å². The summed E-state index contributed by atoms with van der Waals surface area (Å²) in [5, 5.41) is 6.83. The van der Waals surface area contributed by atoms with E-state index in [0.29, 0.717) is 10.8 Å². The predicted octanol–water partition coefficient (Wildman–Crippen LogP) is 3.63. The first-order chi connectivity index (χ1) is 13.1. The van der Waals surface area contributed by atoms with E-state index in [1.165, 1.54) is 18.4 Å². The summed E-state index contributed by atoms with van der Waals surface area (Å²) in [6.45, 7) is 4.21. The zero-order chi connectivity index (χ0) is 20.9. The number of thiocarbonyl (C=S) groups is 1. The van der Waals surface area contributed by atoms with Crippen LogP contribution in [0.2, 0.25) is 0 Å². The van der Waals surface area contributed by atoms with E-state index in [2.05, 4.69) is 24.5 Å². The summed E-state index contributed by atoms with van der Waals surface area (Å²) in [5.74, 6) is 1.08. The van der Waals surface area contributed by atoms with Gasteiger partial charge in [0.15, 0.2) is 5.11 Å². The van der Waals surface area contributed by atoms with Crippen molar-refractivity contribution in [3.63, 3.8) is 0 Å². The fourth-order valence-electron chi connectivity index (χ4n) is 2.70. The monoisotopic (exact) mass is 421 g/mol. The zero-order valence-electron chi connectivity index (χ0n) is 16.8. The third-order valence-corrected chi connectivity index (χ3v) is 6.33. The average molecular weight is 422 g/mol. The molecule has 2 rings (SSSR count). The van der Waals surface area contributed by atoms with Crippen LogP contribution in [0.3, 0.4) is 0 Å². The molecule has 0 amide bonds. The first-order valence-electron chi connectivity index (χ1n) is 8.89. The van der Waals surface area contributed by atoms with E-state index >= 15 is 0 Å². The van der Waals surface area contributed by atoms with Crippen LogP contribution < -0.4 is 15.4 Å². The van der Waals surface area contributed by atoms with Crippen molar-refractivity contribution >= 4 is 33.0 Å². The lowest BCUT2D eigenvalue weighted by Gasteiger charge is -2.25. The molecule has 2 aromatic rings. The lowest BCUT2D eigenvalue weighted by Crippen LogP contribution is -2.35. The second-order valence-corrected chi connectivity index (χ2v) is 9.47. The minimum Gasteiger partial charge on any atom is -0.497 e. The molecule has 0 aliphatic carbocycles. The van der Waals surface area contributed by atoms with E-state index in [4.69, 9.17) is 17.0 Å². The summed E-state index contributed by atoms with van der Waals surface area (Å²) in [5.41, 5.74) is 1.70. The van der Waals surface area contributed by atoms with Gasteiger partial charge in [-0.2, -0.15) is 0 Å². The van der Waals surface area contributed by atoms with Crippen LogP contribution in [0.15, 0.2) is 53.4 Å². The first-order valence-corrected chi connectivity index (χ1v) is 10.7. The molecule has 6 nitrogen and oxygen atoms in total. The Bertz CT molecular complexity index is 911. The molecule has 0 heterocycles. The number of hydrogen-bond donors (Lipinski definition) is 2. The van der Waals surface area contributed by atoms with E-state index in [-0.39, 0.29) is 16.9 Å². The van der Waals surface area contributed by atoms with Crippen LogP contribution in [0.1, 0.15) is 25.5 Å². The maximum Gasteiger partial charge on any atom is 0.242 e. The van der Waals surface area contributed by atoms with E-state index in [1.54, 1.807) is 31.4 Å². The van der Waals surface area contributed by atoms with Crippen LogP contribution in [0, 0.1) is 5.92 Å². The second kappa shape index (κ2) is 9.36. The maximum absolute atomic E-state index is 12.3. The lowest BCUT2D eigenvalue weighted by molar-refractivity contribution is 0.413. The van der Waals surface area contributed by atoms with Crippen molar-refractivity contribution in [2.24, 2.45) is 5.92 Å². The van der Waals surface area contributed by atoms with Gasteiger partial charge >= 0.3 is 0 Å². The number of nitrogens with zero attached hydrogens (tertiary/aromatic N) is 1. The number of benzene rings is 2. The van der Waals surface area contributed by atoms with Gasteiger partial charge in [0.2, 0.25) is 10.0 Å². The Hall–Kier alpha value is -2.16. The number of sulfonamides is 1. The van der Waals surface area contributed by atoms with Crippen LogP contribution >= 0.6 is 12.2 Å². The number of hydrogen-bond acceptors (Lipinski definition) is 4. The van der Waals surface area contributed by atoms with Gasteiger partial charge in [-0.3, -0.25) is 0 Å². The molecule has 0 saturated heterocycles. The van der Waals surface area contributed by atoms with E-state index in [0.717, 1.165) is 11.3 Å². The largest absolute Gasteiger partial charge is 0.497 e. The summed E-state index contributed by atoms with van der Waals surface area (Å²) in [6.07, 6.45) is 0. The van der Waals surface area contributed by atoms with Gasteiger partial charge in [0.25, 0.3) is 0 Å². The summed E-state index contributed by atoms with van der Waals surface area (Å²) in [4.78, 5) is 0.209. The van der Waals surface area contributed by atoms with E-state index in [9.17, 15) is 8.42 Å². The maximum atomic E-state index is 12.3. The highest BCUT2D eigenvalue weighted by Gasteiger charge is 2.19. The van der Waals surface area contributed by atoms with Gasteiger partial charge < -0.3 is 15.4 Å². The van der Waals surface area contributed by atoms with E-state index in [1.807, 2.05) is 24.3 Å². The molecule has 0 aromatic heterocycles. The second-order valence-electron chi connectivity index (χ2n) is 6.91. The predicted molar refractivity (Wildman–Crippen MR) is 117 cm³/mol.